The number of benzene rings is 1. The van der Waals surface area contributed by atoms with Crippen LogP contribution in [-0.2, 0) is 11.3 Å². The van der Waals surface area contributed by atoms with Crippen LogP contribution in [0.4, 0.5) is 0 Å². The van der Waals surface area contributed by atoms with Gasteiger partial charge in [0.05, 0.1) is 6.61 Å². The lowest BCUT2D eigenvalue weighted by atomic mass is 10.2. The molecule has 0 spiro atoms. The third-order valence-corrected chi connectivity index (χ3v) is 3.71. The second-order valence-electron chi connectivity index (χ2n) is 5.50. The molecule has 1 fully saturated rings. The second kappa shape index (κ2) is 8.34. The number of hydrogen-bond donors (Lipinski definition) is 2. The molecule has 0 saturated heterocycles. The Morgan fingerprint density at radius 2 is 2.14 bits per heavy atom. The van der Waals surface area contributed by atoms with E-state index < -0.39 is 6.10 Å². The van der Waals surface area contributed by atoms with Gasteiger partial charge in [-0.05, 0) is 18.9 Å². The molecule has 21 heavy (non-hydrogen) atoms. The zero-order valence-corrected chi connectivity index (χ0v) is 12.7. The molecule has 1 aromatic rings. The topological polar surface area (TPSA) is 68.0 Å². The normalized spacial score (nSPS) is 16.2. The van der Waals surface area contributed by atoms with Crippen LogP contribution in [0.3, 0.4) is 0 Å². The SMILES string of the molecule is COCCN(CC(O)COc1ccccc1CN)C1CC1. The number of rotatable bonds is 10. The van der Waals surface area contributed by atoms with E-state index in [0.29, 0.717) is 25.7 Å². The fourth-order valence-electron chi connectivity index (χ4n) is 2.39. The number of aliphatic hydroxyl groups is 1. The number of ether oxygens (including phenoxy) is 2. The van der Waals surface area contributed by atoms with Gasteiger partial charge in [-0.1, -0.05) is 18.2 Å². The van der Waals surface area contributed by atoms with E-state index in [0.717, 1.165) is 17.9 Å². The predicted molar refractivity (Wildman–Crippen MR) is 82.3 cm³/mol. The summed E-state index contributed by atoms with van der Waals surface area (Å²) < 4.78 is 10.8. The summed E-state index contributed by atoms with van der Waals surface area (Å²) in [6.07, 6.45) is 1.92. The zero-order valence-electron chi connectivity index (χ0n) is 12.7. The zero-order chi connectivity index (χ0) is 15.1. The quantitative estimate of drug-likeness (QED) is 0.674. The van der Waals surface area contributed by atoms with E-state index in [9.17, 15) is 5.11 Å². The van der Waals surface area contributed by atoms with Gasteiger partial charge in [0.25, 0.3) is 0 Å². The minimum absolute atomic E-state index is 0.285. The van der Waals surface area contributed by atoms with Gasteiger partial charge in [0.1, 0.15) is 18.5 Å². The molecule has 1 aliphatic rings. The van der Waals surface area contributed by atoms with Gasteiger partial charge >= 0.3 is 0 Å². The summed E-state index contributed by atoms with van der Waals surface area (Å²) in [5.41, 5.74) is 6.64. The van der Waals surface area contributed by atoms with Crippen LogP contribution in [0.25, 0.3) is 0 Å². The van der Waals surface area contributed by atoms with Crippen molar-refractivity contribution in [3.8, 4) is 5.75 Å². The van der Waals surface area contributed by atoms with E-state index in [-0.39, 0.29) is 6.61 Å². The molecule has 0 aliphatic heterocycles. The summed E-state index contributed by atoms with van der Waals surface area (Å²) >= 11 is 0. The molecular weight excluding hydrogens is 268 g/mol. The summed E-state index contributed by atoms with van der Waals surface area (Å²) in [6, 6.07) is 8.28. The van der Waals surface area contributed by atoms with Crippen LogP contribution >= 0.6 is 0 Å². The van der Waals surface area contributed by atoms with E-state index >= 15 is 0 Å². The maximum Gasteiger partial charge on any atom is 0.123 e. The van der Waals surface area contributed by atoms with Crippen LogP contribution < -0.4 is 10.5 Å². The lowest BCUT2D eigenvalue weighted by Gasteiger charge is -2.24. The molecule has 118 valence electrons. The number of methoxy groups -OCH3 is 1. The first-order valence-electron chi connectivity index (χ1n) is 7.56. The standard InChI is InChI=1S/C16H26N2O3/c1-20-9-8-18(14-6-7-14)11-15(19)12-21-16-5-3-2-4-13(16)10-17/h2-5,14-15,19H,6-12,17H2,1H3. The van der Waals surface area contributed by atoms with Crippen LogP contribution in [0.5, 0.6) is 5.75 Å². The van der Waals surface area contributed by atoms with Crippen LogP contribution in [0, 0.1) is 0 Å². The number of nitrogens with two attached hydrogens (primary N) is 1. The average Bonchev–Trinajstić information content (AvgIpc) is 3.34. The summed E-state index contributed by atoms with van der Waals surface area (Å²) in [6.45, 7) is 2.90. The minimum atomic E-state index is -0.506. The van der Waals surface area contributed by atoms with Crippen molar-refractivity contribution in [1.29, 1.82) is 0 Å². The Kier molecular flexibility index (Phi) is 6.45. The molecule has 0 aromatic heterocycles. The minimum Gasteiger partial charge on any atom is -0.491 e. The van der Waals surface area contributed by atoms with Crippen LogP contribution in [0.1, 0.15) is 18.4 Å². The molecule has 1 atom stereocenters. The maximum atomic E-state index is 10.2. The molecule has 2 rings (SSSR count). The molecule has 5 nitrogen and oxygen atoms in total. The third kappa shape index (κ3) is 5.28. The van der Waals surface area contributed by atoms with Crippen LogP contribution in [0.2, 0.25) is 0 Å². The Bertz CT molecular complexity index is 424. The van der Waals surface area contributed by atoms with Gasteiger partial charge < -0.3 is 20.3 Å². The van der Waals surface area contributed by atoms with Crippen LogP contribution in [-0.4, -0.2) is 55.6 Å². The van der Waals surface area contributed by atoms with Gasteiger partial charge in [0.15, 0.2) is 0 Å². The fourth-order valence-corrected chi connectivity index (χ4v) is 2.39. The van der Waals surface area contributed by atoms with Gasteiger partial charge in [-0.15, -0.1) is 0 Å². The number of hydrogen-bond acceptors (Lipinski definition) is 5. The Morgan fingerprint density at radius 3 is 2.81 bits per heavy atom. The van der Waals surface area contributed by atoms with E-state index in [4.69, 9.17) is 15.2 Å². The highest BCUT2D eigenvalue weighted by atomic mass is 16.5. The highest BCUT2D eigenvalue weighted by Crippen LogP contribution is 2.26. The van der Waals surface area contributed by atoms with Gasteiger partial charge in [-0.25, -0.2) is 0 Å². The van der Waals surface area contributed by atoms with Crippen molar-refractivity contribution in [2.24, 2.45) is 5.73 Å². The highest BCUT2D eigenvalue weighted by molar-refractivity contribution is 5.32. The average molecular weight is 294 g/mol. The summed E-state index contributed by atoms with van der Waals surface area (Å²) in [7, 11) is 1.70. The van der Waals surface area contributed by atoms with E-state index in [1.807, 2.05) is 24.3 Å². The number of para-hydroxylation sites is 1. The Labute approximate surface area is 126 Å². The highest BCUT2D eigenvalue weighted by Gasteiger charge is 2.29. The Balaban J connectivity index is 1.79. The first-order valence-corrected chi connectivity index (χ1v) is 7.56. The molecule has 1 saturated carbocycles. The van der Waals surface area contributed by atoms with Crippen molar-refractivity contribution in [1.82, 2.24) is 4.90 Å². The van der Waals surface area contributed by atoms with Crippen molar-refractivity contribution < 1.29 is 14.6 Å². The molecule has 1 aliphatic carbocycles. The number of aliphatic hydroxyl groups excluding tert-OH is 1. The third-order valence-electron chi connectivity index (χ3n) is 3.71. The molecule has 5 heteroatoms. The fraction of sp³-hybridized carbons (Fsp3) is 0.625. The van der Waals surface area contributed by atoms with Gasteiger partial charge in [-0.3, -0.25) is 4.90 Å². The van der Waals surface area contributed by atoms with Crippen molar-refractivity contribution in [2.45, 2.75) is 31.5 Å². The summed E-state index contributed by atoms with van der Waals surface area (Å²) in [5.74, 6) is 0.758. The second-order valence-corrected chi connectivity index (χ2v) is 5.50. The maximum absolute atomic E-state index is 10.2. The molecule has 3 N–H and O–H groups in total. The van der Waals surface area contributed by atoms with E-state index in [2.05, 4.69) is 4.90 Å². The van der Waals surface area contributed by atoms with E-state index in [1.165, 1.54) is 12.8 Å². The smallest absolute Gasteiger partial charge is 0.123 e. The summed E-state index contributed by atoms with van der Waals surface area (Å²) in [4.78, 5) is 2.28. The molecule has 0 amide bonds. The molecular formula is C16H26N2O3. The van der Waals surface area contributed by atoms with Crippen molar-refractivity contribution in [3.63, 3.8) is 0 Å². The number of nitrogens with zero attached hydrogens (tertiary/aromatic N) is 1. The Morgan fingerprint density at radius 1 is 1.38 bits per heavy atom. The molecule has 1 aromatic carbocycles. The first kappa shape index (κ1) is 16.2. The van der Waals surface area contributed by atoms with Crippen molar-refractivity contribution in [2.75, 3.05) is 33.4 Å². The largest absolute Gasteiger partial charge is 0.491 e. The first-order chi connectivity index (χ1) is 10.2. The predicted octanol–water partition coefficient (Wildman–Crippen LogP) is 0.996. The monoisotopic (exact) mass is 294 g/mol. The molecule has 0 radical (unpaired) electrons. The molecule has 0 heterocycles. The lowest BCUT2D eigenvalue weighted by molar-refractivity contribution is 0.0537. The lowest BCUT2D eigenvalue weighted by Crippen LogP contribution is -2.39. The van der Waals surface area contributed by atoms with Crippen LogP contribution in [0.15, 0.2) is 24.3 Å². The van der Waals surface area contributed by atoms with Gasteiger partial charge in [-0.2, -0.15) is 0 Å². The Hall–Kier alpha value is -1.14. The van der Waals surface area contributed by atoms with E-state index in [1.54, 1.807) is 7.11 Å². The molecule has 0 bridgehead atoms. The summed E-state index contributed by atoms with van der Waals surface area (Å²) in [5, 5.41) is 10.2. The van der Waals surface area contributed by atoms with Gasteiger partial charge in [0.2, 0.25) is 0 Å². The van der Waals surface area contributed by atoms with Crippen molar-refractivity contribution in [3.05, 3.63) is 29.8 Å². The molecule has 1 unspecified atom stereocenters. The van der Waals surface area contributed by atoms with Crippen molar-refractivity contribution >= 4 is 0 Å². The van der Waals surface area contributed by atoms with Gasteiger partial charge in [0, 0.05) is 38.3 Å².